The van der Waals surface area contributed by atoms with E-state index in [0.29, 0.717) is 4.88 Å². The minimum Gasteiger partial charge on any atom is -0.326 e. The maximum atomic E-state index is 12.8. The molecule has 0 bridgehead atoms. The van der Waals surface area contributed by atoms with Crippen LogP contribution in [0.15, 0.2) is 41.8 Å². The van der Waals surface area contributed by atoms with Crippen LogP contribution in [0.5, 0.6) is 0 Å². The van der Waals surface area contributed by atoms with Gasteiger partial charge in [0.15, 0.2) is 0 Å². The molecule has 2 unspecified atom stereocenters. The van der Waals surface area contributed by atoms with Gasteiger partial charge < -0.3 is 5.32 Å². The number of carbonyl (C=O) groups excluding carboxylic acids is 1. The van der Waals surface area contributed by atoms with E-state index in [9.17, 15) is 9.18 Å². The first kappa shape index (κ1) is 15.8. The molecule has 0 aliphatic carbocycles. The molecule has 1 amide bonds. The summed E-state index contributed by atoms with van der Waals surface area (Å²) in [6, 6.07) is 10.1. The molecule has 8 heteroatoms. The molecule has 4 nitrogen and oxygen atoms in total. The van der Waals surface area contributed by atoms with Crippen molar-refractivity contribution < 1.29 is 9.18 Å². The van der Waals surface area contributed by atoms with Crippen molar-refractivity contribution in [3.05, 3.63) is 58.0 Å². The molecule has 1 aliphatic heterocycles. The number of hydrogen-bond donors (Lipinski definition) is 3. The molecule has 3 rings (SSSR count). The minimum absolute atomic E-state index is 0.0312. The van der Waals surface area contributed by atoms with Gasteiger partial charge in [-0.15, -0.1) is 23.1 Å². The first-order valence-electron chi connectivity index (χ1n) is 6.58. The number of thiophene rings is 1. The topological polar surface area (TPSA) is 53.2 Å². The first-order valence-corrected chi connectivity index (χ1v) is 9.39. The second kappa shape index (κ2) is 7.47. The summed E-state index contributed by atoms with van der Waals surface area (Å²) in [5, 5.41) is 8.07. The Kier molecular flexibility index (Phi) is 5.37. The van der Waals surface area contributed by atoms with Crippen molar-refractivity contribution in [3.63, 3.8) is 0 Å². The molecule has 1 aliphatic rings. The molecule has 0 spiro atoms. The van der Waals surface area contributed by atoms with Gasteiger partial charge in [-0.25, -0.2) is 9.11 Å². The Balaban J connectivity index is 1.44. The lowest BCUT2D eigenvalue weighted by atomic mass is 10.2. The summed E-state index contributed by atoms with van der Waals surface area (Å²) >= 11 is 4.52. The van der Waals surface area contributed by atoms with Crippen molar-refractivity contribution in [2.24, 2.45) is 0 Å². The third-order valence-electron chi connectivity index (χ3n) is 2.93. The van der Waals surface area contributed by atoms with E-state index in [2.05, 4.69) is 15.4 Å². The Labute approximate surface area is 140 Å². The average molecular weight is 355 g/mol. The highest BCUT2D eigenvalue weighted by atomic mass is 32.2. The van der Waals surface area contributed by atoms with Crippen LogP contribution >= 0.6 is 35.0 Å². The number of benzene rings is 1. The Hall–Kier alpha value is -1.06. The maximum absolute atomic E-state index is 12.8. The van der Waals surface area contributed by atoms with E-state index in [0.717, 1.165) is 11.3 Å². The summed E-state index contributed by atoms with van der Waals surface area (Å²) in [6.07, 6.45) is 0. The van der Waals surface area contributed by atoms with E-state index in [4.69, 9.17) is 0 Å². The van der Waals surface area contributed by atoms with E-state index in [1.165, 1.54) is 35.4 Å². The predicted octanol–water partition coefficient (Wildman–Crippen LogP) is 2.96. The van der Waals surface area contributed by atoms with Crippen LogP contribution in [0.4, 0.5) is 4.39 Å². The fourth-order valence-corrected chi connectivity index (χ4v) is 4.48. The number of halogens is 1. The molecule has 2 atom stereocenters. The highest BCUT2D eigenvalue weighted by Gasteiger charge is 2.25. The summed E-state index contributed by atoms with van der Waals surface area (Å²) in [5.41, 5.74) is 0.926. The van der Waals surface area contributed by atoms with Crippen molar-refractivity contribution in [2.45, 2.75) is 16.7 Å². The smallest absolute Gasteiger partial charge is 0.263 e. The number of hydrogen-bond acceptors (Lipinski definition) is 6. The van der Waals surface area contributed by atoms with Crippen LogP contribution in [-0.2, 0) is 5.75 Å². The number of thioether (sulfide) groups is 1. The Morgan fingerprint density at radius 1 is 1.32 bits per heavy atom. The van der Waals surface area contributed by atoms with Gasteiger partial charge in [-0.1, -0.05) is 18.2 Å². The molecule has 1 saturated heterocycles. The molecule has 1 aromatic carbocycles. The lowest BCUT2D eigenvalue weighted by Crippen LogP contribution is -2.42. The zero-order valence-corrected chi connectivity index (χ0v) is 13.9. The monoisotopic (exact) mass is 355 g/mol. The molecular weight excluding hydrogens is 341 g/mol. The molecule has 0 saturated carbocycles. The summed E-state index contributed by atoms with van der Waals surface area (Å²) in [5.74, 6) is 0.459. The summed E-state index contributed by atoms with van der Waals surface area (Å²) in [6.45, 7) is 0. The van der Waals surface area contributed by atoms with Crippen molar-refractivity contribution >= 4 is 41.0 Å². The van der Waals surface area contributed by atoms with Crippen molar-refractivity contribution in [2.75, 3.05) is 0 Å². The predicted molar refractivity (Wildman–Crippen MR) is 90.9 cm³/mol. The van der Waals surface area contributed by atoms with Crippen LogP contribution < -0.4 is 15.4 Å². The molecule has 2 heterocycles. The van der Waals surface area contributed by atoms with Crippen molar-refractivity contribution in [3.8, 4) is 0 Å². The first-order chi connectivity index (χ1) is 10.7. The molecule has 1 fully saturated rings. The summed E-state index contributed by atoms with van der Waals surface area (Å²) in [4.78, 5) is 12.7. The van der Waals surface area contributed by atoms with Gasteiger partial charge in [0.1, 0.15) is 16.8 Å². The van der Waals surface area contributed by atoms with E-state index in [1.54, 1.807) is 30.0 Å². The van der Waals surface area contributed by atoms with Gasteiger partial charge in [-0.3, -0.25) is 10.1 Å². The average Bonchev–Trinajstić information content (AvgIpc) is 3.18. The van der Waals surface area contributed by atoms with E-state index in [1.807, 2.05) is 11.4 Å². The fourth-order valence-electron chi connectivity index (χ4n) is 1.85. The lowest BCUT2D eigenvalue weighted by molar-refractivity contribution is 0.0950. The van der Waals surface area contributed by atoms with Crippen molar-refractivity contribution in [1.29, 1.82) is 0 Å². The number of rotatable bonds is 5. The van der Waals surface area contributed by atoms with Gasteiger partial charge in [0.25, 0.3) is 5.91 Å². The zero-order valence-electron chi connectivity index (χ0n) is 11.4. The van der Waals surface area contributed by atoms with Crippen LogP contribution in [-0.4, -0.2) is 16.9 Å². The highest BCUT2D eigenvalue weighted by Crippen LogP contribution is 2.23. The molecule has 22 heavy (non-hydrogen) atoms. The highest BCUT2D eigenvalue weighted by molar-refractivity contribution is 8.02. The number of nitrogens with one attached hydrogen (secondary N) is 3. The molecule has 116 valence electrons. The molecule has 3 N–H and O–H groups in total. The molecular formula is C14H14FN3OS3. The van der Waals surface area contributed by atoms with Crippen molar-refractivity contribution in [1.82, 2.24) is 15.4 Å². The quantitative estimate of drug-likeness (QED) is 0.720. The van der Waals surface area contributed by atoms with E-state index in [-0.39, 0.29) is 22.7 Å². The van der Waals surface area contributed by atoms with Crippen LogP contribution in [0.2, 0.25) is 0 Å². The zero-order chi connectivity index (χ0) is 15.4. The fraction of sp³-hybridized carbons (Fsp3) is 0.214. The molecule has 1 aromatic heterocycles. The Bertz CT molecular complexity index is 621. The Morgan fingerprint density at radius 2 is 2.14 bits per heavy atom. The molecule has 0 radical (unpaired) electrons. The van der Waals surface area contributed by atoms with E-state index < -0.39 is 0 Å². The second-order valence-electron chi connectivity index (χ2n) is 4.55. The third kappa shape index (κ3) is 4.23. The van der Waals surface area contributed by atoms with Crippen LogP contribution in [0.1, 0.15) is 15.2 Å². The van der Waals surface area contributed by atoms with Gasteiger partial charge in [-0.05, 0) is 41.1 Å². The van der Waals surface area contributed by atoms with Crippen LogP contribution in [0.3, 0.4) is 0 Å². The largest absolute Gasteiger partial charge is 0.326 e. The third-order valence-corrected chi connectivity index (χ3v) is 5.90. The van der Waals surface area contributed by atoms with Gasteiger partial charge >= 0.3 is 0 Å². The molecule has 2 aromatic rings. The summed E-state index contributed by atoms with van der Waals surface area (Å²) in [7, 11) is 0. The van der Waals surface area contributed by atoms with Crippen LogP contribution in [0, 0.1) is 5.82 Å². The lowest BCUT2D eigenvalue weighted by Gasteiger charge is -2.13. The number of carbonyl (C=O) groups is 1. The minimum atomic E-state index is -0.224. The standard InChI is InChI=1S/C14H14FN3OS3/c15-10-5-3-9(4-6-10)8-21-14-17-13(22-18-14)16-12(19)11-2-1-7-20-11/h1-7,13-14,17-18H,8H2,(H,16,19). The van der Waals surface area contributed by atoms with Gasteiger partial charge in [0.05, 0.1) is 4.88 Å². The number of amides is 1. The summed E-state index contributed by atoms with van der Waals surface area (Å²) < 4.78 is 16.1. The van der Waals surface area contributed by atoms with Crippen LogP contribution in [0.25, 0.3) is 0 Å². The normalized spacial score (nSPS) is 21.0. The maximum Gasteiger partial charge on any atom is 0.263 e. The van der Waals surface area contributed by atoms with Gasteiger partial charge in [0, 0.05) is 5.75 Å². The van der Waals surface area contributed by atoms with Gasteiger partial charge in [0.2, 0.25) is 0 Å². The van der Waals surface area contributed by atoms with Gasteiger partial charge in [-0.2, -0.15) is 0 Å². The van der Waals surface area contributed by atoms with E-state index >= 15 is 0 Å². The SMILES string of the molecule is O=C(NC1NC(SCc2ccc(F)cc2)NS1)c1cccs1. The Morgan fingerprint density at radius 3 is 2.86 bits per heavy atom. The second-order valence-corrected chi connectivity index (χ2v) is 7.53.